The number of ether oxygens (including phenoxy) is 1. The van der Waals surface area contributed by atoms with Gasteiger partial charge in [-0.25, -0.2) is 0 Å². The van der Waals surface area contributed by atoms with Gasteiger partial charge in [-0.2, -0.15) is 13.2 Å². The molecule has 2 heterocycles. The van der Waals surface area contributed by atoms with Crippen molar-refractivity contribution in [1.82, 2.24) is 15.2 Å². The normalized spacial score (nSPS) is 26.3. The number of benzene rings is 1. The number of alkyl halides is 3. The molecule has 3 unspecified atom stereocenters. The summed E-state index contributed by atoms with van der Waals surface area (Å²) in [6.45, 7) is 1.46. The van der Waals surface area contributed by atoms with Crippen molar-refractivity contribution < 1.29 is 22.7 Å². The van der Waals surface area contributed by atoms with Gasteiger partial charge in [0.2, 0.25) is 5.91 Å². The molecule has 1 aliphatic heterocycles. The second-order valence-electron chi connectivity index (χ2n) is 9.92. The predicted molar refractivity (Wildman–Crippen MR) is 121 cm³/mol. The minimum atomic E-state index is -4.43. The molecule has 0 saturated heterocycles. The Kier molecular flexibility index (Phi) is 6.04. The van der Waals surface area contributed by atoms with E-state index in [9.17, 15) is 18.0 Å². The van der Waals surface area contributed by atoms with Crippen molar-refractivity contribution in [2.45, 2.75) is 63.8 Å². The van der Waals surface area contributed by atoms with E-state index in [2.05, 4.69) is 10.3 Å². The van der Waals surface area contributed by atoms with Crippen LogP contribution >= 0.6 is 0 Å². The van der Waals surface area contributed by atoms with Crippen LogP contribution in [0.3, 0.4) is 0 Å². The number of carbonyl (C=O) groups is 1. The molecular weight excluding hydrogens is 443 g/mol. The number of hydrogen-bond donors (Lipinski definition) is 1. The number of aromatic nitrogens is 1. The maximum absolute atomic E-state index is 13.8. The fourth-order valence-corrected chi connectivity index (χ4v) is 6.22. The van der Waals surface area contributed by atoms with Gasteiger partial charge in [-0.05, 0) is 60.9 Å². The fourth-order valence-electron chi connectivity index (χ4n) is 6.22. The lowest BCUT2D eigenvalue weighted by atomic mass is 9.78. The molecule has 3 atom stereocenters. The zero-order chi connectivity index (χ0) is 23.9. The standard InChI is InChI=1S/C26H30F3N3O2/c1-34-22-6-4-17(5-7-22)14-30-21-12-19-3-2-9-25(19,13-21)24(33)32-10-8-23-18(16-32)11-20(15-31-23)26(27,28)29/h4-7,11,15,19,21,30H,2-3,8-10,12-14,16H2,1H3. The molecule has 2 aromatic rings. The topological polar surface area (TPSA) is 54.5 Å². The molecule has 0 radical (unpaired) electrons. The Labute approximate surface area is 197 Å². The maximum Gasteiger partial charge on any atom is 0.417 e. The number of rotatable bonds is 5. The minimum Gasteiger partial charge on any atom is -0.497 e. The van der Waals surface area contributed by atoms with Crippen LogP contribution in [0.1, 0.15) is 54.5 Å². The van der Waals surface area contributed by atoms with Crippen LogP contribution in [0.5, 0.6) is 5.75 Å². The average Bonchev–Trinajstić information content (AvgIpc) is 3.39. The van der Waals surface area contributed by atoms with E-state index in [1.165, 1.54) is 11.6 Å². The Morgan fingerprint density at radius 1 is 1.29 bits per heavy atom. The number of pyridine rings is 1. The van der Waals surface area contributed by atoms with Crippen molar-refractivity contribution in [1.29, 1.82) is 0 Å². The van der Waals surface area contributed by atoms with Crippen molar-refractivity contribution in [3.8, 4) is 5.75 Å². The first-order valence-corrected chi connectivity index (χ1v) is 12.0. The lowest BCUT2D eigenvalue weighted by Gasteiger charge is -2.37. The molecule has 5 rings (SSSR count). The highest BCUT2D eigenvalue weighted by atomic mass is 19.4. The first-order valence-electron chi connectivity index (χ1n) is 12.0. The zero-order valence-electron chi connectivity index (χ0n) is 19.3. The van der Waals surface area contributed by atoms with Gasteiger partial charge in [0, 0.05) is 44.0 Å². The van der Waals surface area contributed by atoms with E-state index in [-0.39, 0.29) is 18.5 Å². The zero-order valence-corrected chi connectivity index (χ0v) is 19.3. The molecule has 182 valence electrons. The molecular formula is C26H30F3N3O2. The minimum absolute atomic E-state index is 0.117. The van der Waals surface area contributed by atoms with Gasteiger partial charge >= 0.3 is 6.18 Å². The van der Waals surface area contributed by atoms with Crippen LogP contribution in [0, 0.1) is 11.3 Å². The summed E-state index contributed by atoms with van der Waals surface area (Å²) in [5.74, 6) is 1.27. The second-order valence-corrected chi connectivity index (χ2v) is 9.92. The number of fused-ring (bicyclic) bond motifs is 2. The molecule has 5 nitrogen and oxygen atoms in total. The molecule has 1 N–H and O–H groups in total. The van der Waals surface area contributed by atoms with Crippen LogP contribution in [-0.4, -0.2) is 35.5 Å². The number of nitrogens with zero attached hydrogens (tertiary/aromatic N) is 2. The molecule has 2 saturated carbocycles. The first-order chi connectivity index (χ1) is 16.3. The van der Waals surface area contributed by atoms with Crippen LogP contribution in [0.2, 0.25) is 0 Å². The molecule has 0 spiro atoms. The summed E-state index contributed by atoms with van der Waals surface area (Å²) in [6, 6.07) is 9.39. The van der Waals surface area contributed by atoms with E-state index in [1.807, 2.05) is 24.3 Å². The molecule has 1 aromatic heterocycles. The summed E-state index contributed by atoms with van der Waals surface area (Å²) in [5, 5.41) is 3.64. The van der Waals surface area contributed by atoms with Crippen molar-refractivity contribution in [3.63, 3.8) is 0 Å². The summed E-state index contributed by atoms with van der Waals surface area (Å²) in [4.78, 5) is 19.7. The van der Waals surface area contributed by atoms with E-state index in [0.29, 0.717) is 30.1 Å². The van der Waals surface area contributed by atoms with Gasteiger partial charge < -0.3 is 15.0 Å². The summed E-state index contributed by atoms with van der Waals surface area (Å²) in [6.07, 6.45) is 1.65. The number of carbonyl (C=O) groups excluding carboxylic acids is 1. The number of halogens is 3. The molecule has 1 amide bonds. The van der Waals surface area contributed by atoms with E-state index in [1.54, 1.807) is 12.0 Å². The predicted octanol–water partition coefficient (Wildman–Crippen LogP) is 4.73. The highest BCUT2D eigenvalue weighted by Gasteiger charge is 2.56. The van der Waals surface area contributed by atoms with E-state index in [4.69, 9.17) is 4.74 Å². The number of amides is 1. The summed E-state index contributed by atoms with van der Waals surface area (Å²) in [5.41, 5.74) is 1.21. The Bertz CT molecular complexity index is 1060. The SMILES string of the molecule is COc1ccc(CNC2CC3CCCC3(C(=O)N3CCc4ncc(C(F)(F)F)cc4C3)C2)cc1. The molecule has 34 heavy (non-hydrogen) atoms. The highest BCUT2D eigenvalue weighted by Crippen LogP contribution is 2.55. The van der Waals surface area contributed by atoms with Crippen LogP contribution in [0.25, 0.3) is 0 Å². The average molecular weight is 474 g/mol. The second kappa shape index (κ2) is 8.87. The van der Waals surface area contributed by atoms with Gasteiger partial charge in [0.05, 0.1) is 18.1 Å². The summed E-state index contributed by atoms with van der Waals surface area (Å²) >= 11 is 0. The third kappa shape index (κ3) is 4.28. The van der Waals surface area contributed by atoms with E-state index < -0.39 is 17.2 Å². The Morgan fingerprint density at radius 3 is 2.82 bits per heavy atom. The first kappa shape index (κ1) is 23.1. The maximum atomic E-state index is 13.8. The van der Waals surface area contributed by atoms with Crippen molar-refractivity contribution >= 4 is 5.91 Å². The number of nitrogens with one attached hydrogen (secondary N) is 1. The lowest BCUT2D eigenvalue weighted by molar-refractivity contribution is -0.144. The van der Waals surface area contributed by atoms with Gasteiger partial charge in [-0.15, -0.1) is 0 Å². The van der Waals surface area contributed by atoms with Gasteiger partial charge in [0.25, 0.3) is 0 Å². The Hall–Kier alpha value is -2.61. The Balaban J connectivity index is 1.27. The monoisotopic (exact) mass is 473 g/mol. The van der Waals surface area contributed by atoms with Crippen molar-refractivity contribution in [2.24, 2.45) is 11.3 Å². The van der Waals surface area contributed by atoms with E-state index >= 15 is 0 Å². The quantitative estimate of drug-likeness (QED) is 0.682. The fraction of sp³-hybridized carbons (Fsp3) is 0.538. The number of methoxy groups -OCH3 is 1. The van der Waals surface area contributed by atoms with Gasteiger partial charge in [0.1, 0.15) is 5.75 Å². The van der Waals surface area contributed by atoms with Crippen molar-refractivity contribution in [2.75, 3.05) is 13.7 Å². The number of hydrogen-bond acceptors (Lipinski definition) is 4. The van der Waals surface area contributed by atoms with Crippen LogP contribution in [-0.2, 0) is 30.5 Å². The molecule has 1 aromatic carbocycles. The van der Waals surface area contributed by atoms with Crippen LogP contribution in [0.15, 0.2) is 36.5 Å². The Morgan fingerprint density at radius 2 is 2.09 bits per heavy atom. The van der Waals surface area contributed by atoms with Crippen molar-refractivity contribution in [3.05, 3.63) is 58.9 Å². The molecule has 2 fully saturated rings. The lowest BCUT2D eigenvalue weighted by Crippen LogP contribution is -2.46. The third-order valence-electron chi connectivity index (χ3n) is 7.97. The van der Waals surface area contributed by atoms with E-state index in [0.717, 1.165) is 50.6 Å². The van der Waals surface area contributed by atoms with Crippen LogP contribution in [0.4, 0.5) is 13.2 Å². The molecule has 3 aliphatic rings. The summed E-state index contributed by atoms with van der Waals surface area (Å²) < 4.78 is 44.7. The molecule has 2 aliphatic carbocycles. The highest BCUT2D eigenvalue weighted by molar-refractivity contribution is 5.84. The van der Waals surface area contributed by atoms with Gasteiger partial charge in [-0.3, -0.25) is 9.78 Å². The van der Waals surface area contributed by atoms with Gasteiger partial charge in [-0.1, -0.05) is 18.6 Å². The van der Waals surface area contributed by atoms with Crippen LogP contribution < -0.4 is 10.1 Å². The summed E-state index contributed by atoms with van der Waals surface area (Å²) in [7, 11) is 1.65. The largest absolute Gasteiger partial charge is 0.497 e. The smallest absolute Gasteiger partial charge is 0.417 e. The van der Waals surface area contributed by atoms with Gasteiger partial charge in [0.15, 0.2) is 0 Å². The molecule has 8 heteroatoms. The molecule has 0 bridgehead atoms. The third-order valence-corrected chi connectivity index (χ3v) is 7.97.